The number of hydrogen-bond donors (Lipinski definition) is 3. The van der Waals surface area contributed by atoms with Crippen LogP contribution in [0.1, 0.15) is 51.2 Å². The lowest BCUT2D eigenvalue weighted by Gasteiger charge is -2.50. The summed E-state index contributed by atoms with van der Waals surface area (Å²) in [4.78, 5) is 68.9. The van der Waals surface area contributed by atoms with Crippen molar-refractivity contribution >= 4 is 40.8 Å². The lowest BCUT2D eigenvalue weighted by molar-refractivity contribution is -0.163. The highest BCUT2D eigenvalue weighted by Gasteiger charge is 2.65. The molecule has 1 aromatic rings. The van der Waals surface area contributed by atoms with Gasteiger partial charge in [0, 0.05) is 45.1 Å². The van der Waals surface area contributed by atoms with Gasteiger partial charge in [0.05, 0.1) is 18.2 Å². The Morgan fingerprint density at radius 2 is 1.77 bits per heavy atom. The molecule has 1 saturated carbocycles. The van der Waals surface area contributed by atoms with Crippen molar-refractivity contribution in [2.45, 2.75) is 58.1 Å². The molecule has 1 fully saturated rings. The molecule has 1 aromatic carbocycles. The number of nitrogens with zero attached hydrogens (tertiary/aromatic N) is 2. The number of Topliss-reactive ketones (excluding diaryl/α,β-unsaturated/α-hetero) is 2. The summed E-state index contributed by atoms with van der Waals surface area (Å²) in [7, 11) is 6.91. The van der Waals surface area contributed by atoms with Gasteiger partial charge in [0.15, 0.2) is 5.60 Å². The van der Waals surface area contributed by atoms with E-state index in [1.807, 2.05) is 37.3 Å². The predicted octanol–water partition coefficient (Wildman–Crippen LogP) is 1.69. The van der Waals surface area contributed by atoms with Gasteiger partial charge in [-0.25, -0.2) is 0 Å². The number of esters is 1. The van der Waals surface area contributed by atoms with E-state index in [4.69, 9.17) is 9.47 Å². The third-order valence-electron chi connectivity index (χ3n) is 8.30. The zero-order chi connectivity index (χ0) is 32.0. The number of aliphatic hydroxyl groups is 2. The number of nitrogens with one attached hydrogen (secondary N) is 1. The standard InChI is InChI=1S/C31H39N3O9/c1-8-9-12-42-21-11-10-20(33(4)5)18-13-17-14-19-25(34(6)7)27(43-16(3)36)24(30(40)32-15(2)35)29(39)31(19,41)28(38)22(17)26(37)23(18)21/h10-11,17,19,25,37,41H,8-9,12-14H2,1-7H3,(H,32,35,40). The summed E-state index contributed by atoms with van der Waals surface area (Å²) < 4.78 is 11.4. The van der Waals surface area contributed by atoms with E-state index in [0.29, 0.717) is 24.3 Å². The summed E-state index contributed by atoms with van der Waals surface area (Å²) in [5, 5.41) is 25.8. The Bertz CT molecular complexity index is 1460. The first-order valence-corrected chi connectivity index (χ1v) is 14.3. The molecule has 2 amide bonds. The third-order valence-corrected chi connectivity index (χ3v) is 8.30. The molecular formula is C31H39N3O9. The van der Waals surface area contributed by atoms with Crippen LogP contribution in [0.4, 0.5) is 5.69 Å². The Labute approximate surface area is 250 Å². The number of benzene rings is 1. The van der Waals surface area contributed by atoms with Gasteiger partial charge in [-0.15, -0.1) is 0 Å². The van der Waals surface area contributed by atoms with E-state index in [2.05, 4.69) is 0 Å². The van der Waals surface area contributed by atoms with Gasteiger partial charge < -0.3 is 24.6 Å². The van der Waals surface area contributed by atoms with Gasteiger partial charge in [-0.2, -0.15) is 0 Å². The summed E-state index contributed by atoms with van der Waals surface area (Å²) in [6, 6.07) is 2.52. The zero-order valence-corrected chi connectivity index (χ0v) is 25.6. The Morgan fingerprint density at radius 3 is 2.33 bits per heavy atom. The monoisotopic (exact) mass is 597 g/mol. The first kappa shape index (κ1) is 31.9. The number of anilines is 1. The van der Waals surface area contributed by atoms with Gasteiger partial charge in [-0.05, 0) is 57.0 Å². The maximum Gasteiger partial charge on any atom is 0.307 e. The van der Waals surface area contributed by atoms with E-state index in [1.54, 1.807) is 25.1 Å². The van der Waals surface area contributed by atoms with E-state index in [9.17, 15) is 34.2 Å². The van der Waals surface area contributed by atoms with E-state index in [-0.39, 0.29) is 17.8 Å². The Hall–Kier alpha value is -4.03. The molecule has 4 rings (SSSR count). The van der Waals surface area contributed by atoms with Crippen LogP contribution in [-0.4, -0.2) is 90.9 Å². The normalized spacial score (nSPS) is 24.7. The molecule has 232 valence electrons. The topological polar surface area (TPSA) is 163 Å². The Morgan fingerprint density at radius 1 is 1.09 bits per heavy atom. The van der Waals surface area contributed by atoms with Crippen molar-refractivity contribution in [2.24, 2.45) is 11.8 Å². The molecule has 0 bridgehead atoms. The molecule has 3 aliphatic carbocycles. The largest absolute Gasteiger partial charge is 0.507 e. The number of ketones is 2. The molecule has 0 saturated heterocycles. The minimum absolute atomic E-state index is 0.0375. The molecule has 4 unspecified atom stereocenters. The predicted molar refractivity (Wildman–Crippen MR) is 156 cm³/mol. The van der Waals surface area contributed by atoms with Crippen molar-refractivity contribution < 1.29 is 43.7 Å². The van der Waals surface area contributed by atoms with Crippen LogP contribution in [0.25, 0.3) is 5.76 Å². The van der Waals surface area contributed by atoms with Crippen LogP contribution in [0.5, 0.6) is 5.75 Å². The van der Waals surface area contributed by atoms with E-state index >= 15 is 0 Å². The fourth-order valence-corrected chi connectivity index (χ4v) is 6.53. The molecule has 0 heterocycles. The van der Waals surface area contributed by atoms with E-state index in [0.717, 1.165) is 37.9 Å². The van der Waals surface area contributed by atoms with Crippen LogP contribution >= 0.6 is 0 Å². The molecule has 0 spiro atoms. The number of carbonyl (C=O) groups excluding carboxylic acids is 5. The van der Waals surface area contributed by atoms with Gasteiger partial charge in [-0.3, -0.25) is 34.2 Å². The van der Waals surface area contributed by atoms with Crippen molar-refractivity contribution in [3.63, 3.8) is 0 Å². The highest BCUT2D eigenvalue weighted by Crippen LogP contribution is 2.53. The van der Waals surface area contributed by atoms with Gasteiger partial charge >= 0.3 is 5.97 Å². The zero-order valence-electron chi connectivity index (χ0n) is 25.6. The first-order chi connectivity index (χ1) is 20.2. The average Bonchev–Trinajstić information content (AvgIpc) is 2.89. The molecule has 12 heteroatoms. The molecule has 4 atom stereocenters. The van der Waals surface area contributed by atoms with Gasteiger partial charge in [0.25, 0.3) is 5.91 Å². The average molecular weight is 598 g/mol. The fourth-order valence-electron chi connectivity index (χ4n) is 6.53. The number of rotatable bonds is 8. The minimum Gasteiger partial charge on any atom is -0.507 e. The van der Waals surface area contributed by atoms with Crippen LogP contribution in [0, 0.1) is 11.8 Å². The molecular weight excluding hydrogens is 558 g/mol. The third kappa shape index (κ3) is 5.33. The first-order valence-electron chi connectivity index (χ1n) is 14.3. The van der Waals surface area contributed by atoms with Crippen LogP contribution in [-0.2, 0) is 35.1 Å². The summed E-state index contributed by atoms with van der Waals surface area (Å²) in [5.41, 5.74) is -1.84. The van der Waals surface area contributed by atoms with E-state index in [1.165, 1.54) is 0 Å². The summed E-state index contributed by atoms with van der Waals surface area (Å²) in [5.74, 6) is -7.32. The van der Waals surface area contributed by atoms with Crippen molar-refractivity contribution in [1.82, 2.24) is 10.2 Å². The summed E-state index contributed by atoms with van der Waals surface area (Å²) in [6.07, 6.45) is 1.99. The Balaban J connectivity index is 1.96. The Kier molecular flexibility index (Phi) is 8.85. The highest BCUT2D eigenvalue weighted by atomic mass is 16.5. The molecule has 3 aliphatic rings. The molecule has 12 nitrogen and oxygen atoms in total. The number of amides is 2. The highest BCUT2D eigenvalue weighted by molar-refractivity contribution is 6.34. The fraction of sp³-hybridized carbons (Fsp3) is 0.516. The lowest BCUT2D eigenvalue weighted by atomic mass is 9.57. The summed E-state index contributed by atoms with van der Waals surface area (Å²) >= 11 is 0. The number of unbranched alkanes of at least 4 members (excludes halogenated alkanes) is 1. The van der Waals surface area contributed by atoms with Gasteiger partial charge in [0.1, 0.15) is 22.8 Å². The number of hydrogen-bond acceptors (Lipinski definition) is 11. The van der Waals surface area contributed by atoms with E-state index < -0.39 is 64.2 Å². The number of imide groups is 1. The quantitative estimate of drug-likeness (QED) is 0.173. The smallest absolute Gasteiger partial charge is 0.307 e. The van der Waals surface area contributed by atoms with Crippen LogP contribution < -0.4 is 15.0 Å². The van der Waals surface area contributed by atoms with Crippen molar-refractivity contribution in [1.29, 1.82) is 0 Å². The number of aliphatic hydroxyl groups excluding tert-OH is 1. The summed E-state index contributed by atoms with van der Waals surface area (Å²) in [6.45, 7) is 4.55. The molecule has 0 radical (unpaired) electrons. The van der Waals surface area contributed by atoms with Gasteiger partial charge in [-0.1, -0.05) is 13.3 Å². The van der Waals surface area contributed by atoms with Crippen molar-refractivity contribution in [3.05, 3.63) is 40.2 Å². The SMILES string of the molecule is CCCCOc1ccc(N(C)C)c2c1C(O)=C1C(=O)C3(O)C(=O)C(C(=O)NC(C)=O)=C(OC(C)=O)C(N(C)C)C3CC1C2. The van der Waals surface area contributed by atoms with Crippen molar-refractivity contribution in [2.75, 3.05) is 39.7 Å². The molecule has 0 aliphatic heterocycles. The van der Waals surface area contributed by atoms with Crippen LogP contribution in [0.3, 0.4) is 0 Å². The van der Waals surface area contributed by atoms with Crippen LogP contribution in [0.15, 0.2) is 29.0 Å². The molecule has 43 heavy (non-hydrogen) atoms. The van der Waals surface area contributed by atoms with Gasteiger partial charge in [0.2, 0.25) is 17.5 Å². The second-order valence-corrected chi connectivity index (χ2v) is 11.7. The number of fused-ring (bicyclic) bond motifs is 3. The maximum atomic E-state index is 14.3. The number of ether oxygens (including phenoxy) is 2. The number of likely N-dealkylation sites (N-methyl/N-ethyl adjacent to an activating group) is 1. The second-order valence-electron chi connectivity index (χ2n) is 11.7. The molecule has 0 aromatic heterocycles. The minimum atomic E-state index is -2.79. The van der Waals surface area contributed by atoms with Crippen molar-refractivity contribution in [3.8, 4) is 5.75 Å². The molecule has 3 N–H and O–H groups in total. The van der Waals surface area contributed by atoms with Crippen LogP contribution in [0.2, 0.25) is 0 Å². The maximum absolute atomic E-state index is 14.3. The second kappa shape index (κ2) is 11.9. The lowest BCUT2D eigenvalue weighted by Crippen LogP contribution is -2.67. The number of carbonyl (C=O) groups is 5.